The number of hydrogen-bond acceptors (Lipinski definition) is 3. The number of guanidine groups is 1. The van der Waals surface area contributed by atoms with Gasteiger partial charge in [0.15, 0.2) is 5.96 Å². The van der Waals surface area contributed by atoms with Crippen molar-refractivity contribution in [3.63, 3.8) is 0 Å². The van der Waals surface area contributed by atoms with Gasteiger partial charge in [-0.1, -0.05) is 24.3 Å². The quantitative estimate of drug-likeness (QED) is 0.389. The van der Waals surface area contributed by atoms with Crippen LogP contribution < -0.4 is 10.6 Å². The van der Waals surface area contributed by atoms with E-state index in [1.54, 1.807) is 11.3 Å². The van der Waals surface area contributed by atoms with E-state index in [9.17, 15) is 0 Å². The van der Waals surface area contributed by atoms with Gasteiger partial charge in [-0.15, -0.1) is 35.3 Å². The number of hydrogen-bond donors (Lipinski definition) is 2. The molecule has 0 bridgehead atoms. The number of halogens is 1. The Bertz CT molecular complexity index is 721. The Morgan fingerprint density at radius 1 is 1.28 bits per heavy atom. The molecule has 4 nitrogen and oxygen atoms in total. The van der Waals surface area contributed by atoms with Crippen molar-refractivity contribution in [2.45, 2.75) is 52.6 Å². The summed E-state index contributed by atoms with van der Waals surface area (Å²) in [6.45, 7) is 9.96. The van der Waals surface area contributed by atoms with Crippen molar-refractivity contribution in [1.29, 1.82) is 0 Å². The second kappa shape index (κ2) is 8.98. The minimum atomic E-state index is 0. The number of benzene rings is 1. The maximum absolute atomic E-state index is 4.71. The summed E-state index contributed by atoms with van der Waals surface area (Å²) >= 11 is 1.73. The molecule has 2 N–H and O–H groups in total. The van der Waals surface area contributed by atoms with E-state index in [1.807, 2.05) is 0 Å². The Balaban J connectivity index is 0.00000225. The predicted molar refractivity (Wildman–Crippen MR) is 117 cm³/mol. The molecule has 1 saturated carbocycles. The Kier molecular flexibility index (Phi) is 7.25. The maximum atomic E-state index is 4.71. The zero-order valence-electron chi connectivity index (χ0n) is 15.3. The van der Waals surface area contributed by atoms with Gasteiger partial charge in [-0.3, -0.25) is 0 Å². The van der Waals surface area contributed by atoms with Crippen LogP contribution >= 0.6 is 35.3 Å². The first-order valence-corrected chi connectivity index (χ1v) is 9.43. The van der Waals surface area contributed by atoms with Gasteiger partial charge in [-0.05, 0) is 45.2 Å². The van der Waals surface area contributed by atoms with Crippen LogP contribution in [0.15, 0.2) is 29.3 Å². The third-order valence-corrected chi connectivity index (χ3v) is 5.55. The van der Waals surface area contributed by atoms with Crippen molar-refractivity contribution < 1.29 is 0 Å². The first kappa shape index (κ1) is 20.2. The molecule has 25 heavy (non-hydrogen) atoms. The van der Waals surface area contributed by atoms with E-state index < -0.39 is 0 Å². The molecule has 6 heteroatoms. The van der Waals surface area contributed by atoms with Crippen molar-refractivity contribution in [2.75, 3.05) is 6.54 Å². The zero-order valence-corrected chi connectivity index (χ0v) is 18.4. The molecule has 0 aliphatic heterocycles. The van der Waals surface area contributed by atoms with Crippen molar-refractivity contribution in [3.05, 3.63) is 51.0 Å². The van der Waals surface area contributed by atoms with Gasteiger partial charge in [-0.2, -0.15) is 0 Å². The maximum Gasteiger partial charge on any atom is 0.191 e. The second-order valence-corrected chi connectivity index (χ2v) is 7.68. The van der Waals surface area contributed by atoms with Crippen molar-refractivity contribution in [1.82, 2.24) is 15.6 Å². The van der Waals surface area contributed by atoms with E-state index in [-0.39, 0.29) is 24.0 Å². The largest absolute Gasteiger partial charge is 0.357 e. The number of nitrogens with zero attached hydrogens (tertiary/aromatic N) is 2. The summed E-state index contributed by atoms with van der Waals surface area (Å²) in [7, 11) is 0. The molecule has 2 unspecified atom stereocenters. The highest BCUT2D eigenvalue weighted by Gasteiger charge is 2.39. The summed E-state index contributed by atoms with van der Waals surface area (Å²) in [5.41, 5.74) is 3.95. The van der Waals surface area contributed by atoms with E-state index >= 15 is 0 Å². The second-order valence-electron chi connectivity index (χ2n) is 6.39. The van der Waals surface area contributed by atoms with Crippen LogP contribution in [0.1, 0.15) is 46.0 Å². The molecular weight excluding hydrogens is 443 g/mol. The molecule has 0 spiro atoms. The van der Waals surface area contributed by atoms with Crippen molar-refractivity contribution in [3.8, 4) is 0 Å². The molecule has 3 rings (SSSR count). The third-order valence-electron chi connectivity index (χ3n) is 4.49. The lowest BCUT2D eigenvalue weighted by atomic mass is 10.0. The lowest BCUT2D eigenvalue weighted by molar-refractivity contribution is 0.792. The molecule has 2 atom stereocenters. The van der Waals surface area contributed by atoms with Crippen LogP contribution in [0.25, 0.3) is 0 Å². The highest BCUT2D eigenvalue weighted by molar-refractivity contribution is 14.0. The predicted octanol–water partition coefficient (Wildman–Crippen LogP) is 4.30. The van der Waals surface area contributed by atoms with Gasteiger partial charge in [0.1, 0.15) is 5.01 Å². The summed E-state index contributed by atoms with van der Waals surface area (Å²) in [5, 5.41) is 8.00. The van der Waals surface area contributed by atoms with E-state index in [4.69, 9.17) is 4.99 Å². The fraction of sp³-hybridized carbons (Fsp3) is 0.474. The van der Waals surface area contributed by atoms with Crippen LogP contribution in [0.2, 0.25) is 0 Å². The van der Waals surface area contributed by atoms with E-state index in [0.29, 0.717) is 18.5 Å². The fourth-order valence-corrected chi connectivity index (χ4v) is 3.81. The highest BCUT2D eigenvalue weighted by atomic mass is 127. The standard InChI is InChI=1S/C19H26N4S.HI/c1-5-20-19(21-11-18-22-13(3)14(4)24-18)23-17-10-16(17)15-9-7-6-8-12(15)2;/h6-9,16-17H,5,10-11H2,1-4H3,(H2,20,21,23);1H. The smallest absolute Gasteiger partial charge is 0.191 e. The topological polar surface area (TPSA) is 49.3 Å². The molecule has 136 valence electrons. The van der Waals surface area contributed by atoms with Gasteiger partial charge in [0.05, 0.1) is 12.2 Å². The third kappa shape index (κ3) is 5.17. The lowest BCUT2D eigenvalue weighted by Crippen LogP contribution is -2.39. The van der Waals surface area contributed by atoms with E-state index in [0.717, 1.165) is 23.2 Å². The van der Waals surface area contributed by atoms with E-state index in [2.05, 4.69) is 67.6 Å². The Labute approximate surface area is 171 Å². The van der Waals surface area contributed by atoms with E-state index in [1.165, 1.54) is 22.4 Å². The molecule has 2 aromatic rings. The molecule has 1 aliphatic rings. The molecule has 1 aromatic heterocycles. The van der Waals surface area contributed by atoms with Gasteiger partial charge < -0.3 is 10.6 Å². The fourth-order valence-electron chi connectivity index (χ4n) is 2.95. The minimum absolute atomic E-state index is 0. The van der Waals surface area contributed by atoms with Gasteiger partial charge >= 0.3 is 0 Å². The molecule has 0 radical (unpaired) electrons. The summed E-state index contributed by atoms with van der Waals surface area (Å²) in [6.07, 6.45) is 1.17. The van der Waals surface area contributed by atoms with Crippen molar-refractivity contribution in [2.24, 2.45) is 4.99 Å². The van der Waals surface area contributed by atoms with Gasteiger partial charge in [0, 0.05) is 23.4 Å². The molecule has 0 saturated heterocycles. The number of aliphatic imine (C=N–C) groups is 1. The van der Waals surface area contributed by atoms with Crippen LogP contribution in [0.4, 0.5) is 0 Å². The average molecular weight is 470 g/mol. The number of aryl methyl sites for hydroxylation is 3. The van der Waals surface area contributed by atoms with Crippen LogP contribution in [-0.2, 0) is 6.54 Å². The minimum Gasteiger partial charge on any atom is -0.357 e. The summed E-state index contributed by atoms with van der Waals surface area (Å²) in [5.74, 6) is 1.49. The van der Waals surface area contributed by atoms with Crippen LogP contribution in [0, 0.1) is 20.8 Å². The van der Waals surface area contributed by atoms with Gasteiger partial charge in [-0.25, -0.2) is 9.98 Å². The summed E-state index contributed by atoms with van der Waals surface area (Å²) < 4.78 is 0. The normalized spacial score (nSPS) is 19.3. The average Bonchev–Trinajstić information content (AvgIpc) is 3.23. The number of nitrogens with one attached hydrogen (secondary N) is 2. The number of thiazole rings is 1. The highest BCUT2D eigenvalue weighted by Crippen LogP contribution is 2.42. The molecular formula is C19H27IN4S. The van der Waals surface area contributed by atoms with Crippen LogP contribution in [-0.4, -0.2) is 23.5 Å². The SMILES string of the molecule is CCNC(=NCc1nc(C)c(C)s1)NC1CC1c1ccccc1C.I. The molecule has 0 amide bonds. The first-order valence-electron chi connectivity index (χ1n) is 8.61. The Morgan fingerprint density at radius 3 is 2.68 bits per heavy atom. The molecule has 1 aliphatic carbocycles. The monoisotopic (exact) mass is 470 g/mol. The zero-order chi connectivity index (χ0) is 17.1. The Hall–Kier alpha value is -1.15. The molecule has 1 aromatic carbocycles. The molecule has 1 fully saturated rings. The Morgan fingerprint density at radius 2 is 2.04 bits per heavy atom. The van der Waals surface area contributed by atoms with Crippen LogP contribution in [0.5, 0.6) is 0 Å². The van der Waals surface area contributed by atoms with Gasteiger partial charge in [0.2, 0.25) is 0 Å². The number of rotatable bonds is 5. The summed E-state index contributed by atoms with van der Waals surface area (Å²) in [6, 6.07) is 9.14. The van der Waals surface area contributed by atoms with Crippen LogP contribution in [0.3, 0.4) is 0 Å². The molecule has 1 heterocycles. The first-order chi connectivity index (χ1) is 11.6. The number of aromatic nitrogens is 1. The summed E-state index contributed by atoms with van der Waals surface area (Å²) in [4.78, 5) is 10.6. The van der Waals surface area contributed by atoms with Crippen molar-refractivity contribution >= 4 is 41.3 Å². The lowest BCUT2D eigenvalue weighted by Gasteiger charge is -2.11. The van der Waals surface area contributed by atoms with Gasteiger partial charge in [0.25, 0.3) is 0 Å².